The third-order valence-corrected chi connectivity index (χ3v) is 8.00. The number of hydrogen-bond donors (Lipinski definition) is 1. The third kappa shape index (κ3) is 2.46. The molecule has 2 aromatic carbocycles. The Morgan fingerprint density at radius 1 is 1.08 bits per heavy atom. The summed E-state index contributed by atoms with van der Waals surface area (Å²) in [7, 11) is -3.22. The molecule has 0 spiro atoms. The van der Waals surface area contributed by atoms with Crippen LogP contribution in [-0.4, -0.2) is 10.8 Å². The molecule has 2 unspecified atom stereocenters. The molecule has 0 radical (unpaired) electrons. The van der Waals surface area contributed by atoms with Crippen LogP contribution >= 0.6 is 7.37 Å². The van der Waals surface area contributed by atoms with E-state index in [0.29, 0.717) is 5.75 Å². The zero-order chi connectivity index (χ0) is 17.6. The fourth-order valence-electron chi connectivity index (χ4n) is 3.68. The molecule has 2 aliphatic rings. The molecule has 1 aliphatic heterocycles. The van der Waals surface area contributed by atoms with Crippen molar-refractivity contribution >= 4 is 12.7 Å². The van der Waals surface area contributed by atoms with Gasteiger partial charge in [-0.1, -0.05) is 42.5 Å². The zero-order valence-corrected chi connectivity index (χ0v) is 15.3. The fraction of sp³-hybridized carbons (Fsp3) is 0.238. The van der Waals surface area contributed by atoms with Gasteiger partial charge < -0.3 is 9.63 Å². The lowest BCUT2D eigenvalue weighted by molar-refractivity contribution is 0.403. The highest BCUT2D eigenvalue weighted by Crippen LogP contribution is 2.60. The molecule has 0 aromatic heterocycles. The van der Waals surface area contributed by atoms with Crippen molar-refractivity contribution < 1.29 is 14.2 Å². The van der Waals surface area contributed by atoms with Crippen molar-refractivity contribution in [1.82, 2.24) is 0 Å². The summed E-state index contributed by atoms with van der Waals surface area (Å²) in [5.74, 6) is 0.918. The van der Waals surface area contributed by atoms with Gasteiger partial charge in [-0.15, -0.1) is 0 Å². The second kappa shape index (κ2) is 5.93. The van der Waals surface area contributed by atoms with Gasteiger partial charge in [-0.05, 0) is 50.0 Å². The fourth-order valence-corrected chi connectivity index (χ4v) is 6.23. The smallest absolute Gasteiger partial charge is 0.285 e. The predicted octanol–water partition coefficient (Wildman–Crippen LogP) is 5.59. The first-order valence-electron chi connectivity index (χ1n) is 8.60. The molecule has 4 rings (SSSR count). The first kappa shape index (κ1) is 16.2. The van der Waals surface area contributed by atoms with Gasteiger partial charge in [0.05, 0.1) is 11.0 Å². The molecular weight excluding hydrogens is 331 g/mol. The second-order valence-electron chi connectivity index (χ2n) is 6.70. The molecule has 0 fully saturated rings. The van der Waals surface area contributed by atoms with Crippen LogP contribution in [0.3, 0.4) is 0 Å². The summed E-state index contributed by atoms with van der Waals surface area (Å²) in [6.45, 7) is 3.82. The molecule has 1 heterocycles. The van der Waals surface area contributed by atoms with Gasteiger partial charge in [0.15, 0.2) is 0 Å². The van der Waals surface area contributed by atoms with E-state index in [1.807, 2.05) is 68.5 Å². The Labute approximate surface area is 148 Å². The first-order chi connectivity index (χ1) is 12.0. The van der Waals surface area contributed by atoms with Gasteiger partial charge in [0.25, 0.3) is 7.37 Å². The van der Waals surface area contributed by atoms with E-state index in [2.05, 4.69) is 0 Å². The monoisotopic (exact) mass is 352 g/mol. The lowest BCUT2D eigenvalue weighted by Gasteiger charge is -2.34. The highest BCUT2D eigenvalue weighted by Gasteiger charge is 2.43. The van der Waals surface area contributed by atoms with E-state index in [4.69, 9.17) is 4.52 Å². The Bertz CT molecular complexity index is 955. The summed E-state index contributed by atoms with van der Waals surface area (Å²) in [4.78, 5) is 0. The Morgan fingerprint density at radius 3 is 2.56 bits per heavy atom. The van der Waals surface area contributed by atoms with Gasteiger partial charge in [0, 0.05) is 11.1 Å². The van der Waals surface area contributed by atoms with Gasteiger partial charge in [0.2, 0.25) is 0 Å². The summed E-state index contributed by atoms with van der Waals surface area (Å²) in [5, 5.41) is 11.3. The van der Waals surface area contributed by atoms with Crippen LogP contribution in [0.4, 0.5) is 0 Å². The van der Waals surface area contributed by atoms with Gasteiger partial charge in [0.1, 0.15) is 11.5 Å². The lowest BCUT2D eigenvalue weighted by atomic mass is 9.97. The largest absolute Gasteiger partial charge is 0.508 e. The molecule has 0 saturated carbocycles. The number of hydrogen-bond acceptors (Lipinski definition) is 3. The van der Waals surface area contributed by atoms with Crippen molar-refractivity contribution in [1.29, 1.82) is 0 Å². The van der Waals surface area contributed by atoms with Crippen molar-refractivity contribution in [3.8, 4) is 16.9 Å². The Hall–Kier alpha value is -2.25. The number of fused-ring (bicyclic) bond motifs is 3. The summed E-state index contributed by atoms with van der Waals surface area (Å²) >= 11 is 0. The maximum atomic E-state index is 14.1. The van der Waals surface area contributed by atoms with Crippen LogP contribution in [0.5, 0.6) is 5.75 Å². The van der Waals surface area contributed by atoms with Crippen LogP contribution < -0.4 is 9.83 Å². The van der Waals surface area contributed by atoms with Gasteiger partial charge in [-0.2, -0.15) is 0 Å². The van der Waals surface area contributed by atoms with E-state index in [0.717, 1.165) is 40.4 Å². The van der Waals surface area contributed by atoms with E-state index in [-0.39, 0.29) is 5.76 Å². The van der Waals surface area contributed by atoms with Gasteiger partial charge >= 0.3 is 0 Å². The van der Waals surface area contributed by atoms with Crippen molar-refractivity contribution in [3.63, 3.8) is 0 Å². The number of allylic oxidation sites excluding steroid dienone is 3. The van der Waals surface area contributed by atoms with E-state index >= 15 is 0 Å². The van der Waals surface area contributed by atoms with Crippen molar-refractivity contribution in [3.05, 3.63) is 71.5 Å². The van der Waals surface area contributed by atoms with Crippen LogP contribution in [0.25, 0.3) is 11.1 Å². The van der Waals surface area contributed by atoms with Crippen molar-refractivity contribution in [2.45, 2.75) is 32.3 Å². The Kier molecular flexibility index (Phi) is 3.85. The van der Waals surface area contributed by atoms with Crippen LogP contribution in [-0.2, 0) is 4.57 Å². The Balaban J connectivity index is 1.88. The van der Waals surface area contributed by atoms with E-state index < -0.39 is 13.0 Å². The van der Waals surface area contributed by atoms with E-state index in [9.17, 15) is 9.67 Å². The molecule has 0 bridgehead atoms. The number of para-hydroxylation sites is 1. The molecule has 2 aromatic rings. The second-order valence-corrected chi connectivity index (χ2v) is 9.34. The number of aliphatic hydroxyl groups is 1. The minimum Gasteiger partial charge on any atom is -0.508 e. The number of aliphatic hydroxyl groups excluding tert-OH is 1. The van der Waals surface area contributed by atoms with Crippen LogP contribution in [0.1, 0.15) is 26.7 Å². The molecule has 4 heteroatoms. The summed E-state index contributed by atoms with van der Waals surface area (Å²) < 4.78 is 20.2. The van der Waals surface area contributed by atoms with Crippen LogP contribution in [0.15, 0.2) is 71.5 Å². The normalized spacial score (nSPS) is 23.2. The SMILES string of the molecule is CC1=C(O)C(C(C)P2(=O)Oc3ccccc3-c3ccccc32)=CCC1. The molecule has 1 aliphatic carbocycles. The average molecular weight is 352 g/mol. The lowest BCUT2D eigenvalue weighted by Crippen LogP contribution is -2.26. The maximum Gasteiger partial charge on any atom is 0.285 e. The average Bonchev–Trinajstić information content (AvgIpc) is 2.64. The molecule has 128 valence electrons. The van der Waals surface area contributed by atoms with Crippen molar-refractivity contribution in [2.24, 2.45) is 0 Å². The quantitative estimate of drug-likeness (QED) is 0.717. The topological polar surface area (TPSA) is 46.5 Å². The zero-order valence-electron chi connectivity index (χ0n) is 14.4. The van der Waals surface area contributed by atoms with Crippen LogP contribution in [0, 0.1) is 0 Å². The summed E-state index contributed by atoms with van der Waals surface area (Å²) in [5.41, 5.74) is 3.20. The van der Waals surface area contributed by atoms with Crippen LogP contribution in [0.2, 0.25) is 0 Å². The minimum atomic E-state index is -3.22. The molecule has 0 saturated heterocycles. The van der Waals surface area contributed by atoms with Gasteiger partial charge in [-0.3, -0.25) is 4.57 Å². The highest BCUT2D eigenvalue weighted by atomic mass is 31.2. The standard InChI is InChI=1S/C21H21O3P/c1-14-8-7-11-16(21(14)22)15(2)25(23)20-13-6-4-10-18(20)17-9-3-5-12-19(17)24-25/h3-6,9-13,15,22H,7-8H2,1-2H3. The highest BCUT2D eigenvalue weighted by molar-refractivity contribution is 7.68. The third-order valence-electron chi connectivity index (χ3n) is 5.17. The van der Waals surface area contributed by atoms with Gasteiger partial charge in [-0.25, -0.2) is 0 Å². The Morgan fingerprint density at radius 2 is 1.76 bits per heavy atom. The summed E-state index contributed by atoms with van der Waals surface area (Å²) in [6.07, 6.45) is 3.69. The molecular formula is C21H21O3P. The molecule has 1 N–H and O–H groups in total. The minimum absolute atomic E-state index is 0.272. The summed E-state index contributed by atoms with van der Waals surface area (Å²) in [6, 6.07) is 15.4. The maximum absolute atomic E-state index is 14.1. The molecule has 3 nitrogen and oxygen atoms in total. The predicted molar refractivity (Wildman–Crippen MR) is 102 cm³/mol. The number of rotatable bonds is 2. The van der Waals surface area contributed by atoms with Crippen molar-refractivity contribution in [2.75, 3.05) is 0 Å². The molecule has 0 amide bonds. The molecule has 25 heavy (non-hydrogen) atoms. The van der Waals surface area contributed by atoms with E-state index in [1.54, 1.807) is 0 Å². The number of benzene rings is 2. The van der Waals surface area contributed by atoms with E-state index in [1.165, 1.54) is 0 Å². The molecule has 2 atom stereocenters. The first-order valence-corrected chi connectivity index (χ1v) is 10.3.